The zero-order valence-corrected chi connectivity index (χ0v) is 18.7. The molecular weight excluding hydrogens is 471 g/mol. The maximum absolute atomic E-state index is 6.04. The molecule has 0 amide bonds. The van der Waals surface area contributed by atoms with Crippen LogP contribution >= 0.6 is 47.3 Å². The molecule has 2 N–H and O–H groups in total. The lowest BCUT2D eigenvalue weighted by Crippen LogP contribution is -2.46. The van der Waals surface area contributed by atoms with Gasteiger partial charge in [0.1, 0.15) is 0 Å². The highest BCUT2D eigenvalue weighted by molar-refractivity contribution is 14.0. The van der Waals surface area contributed by atoms with Crippen molar-refractivity contribution in [3.05, 3.63) is 34.9 Å². The van der Waals surface area contributed by atoms with Gasteiger partial charge >= 0.3 is 0 Å². The van der Waals surface area contributed by atoms with E-state index in [1.807, 2.05) is 23.9 Å². The minimum atomic E-state index is 0. The number of morpholine rings is 1. The summed E-state index contributed by atoms with van der Waals surface area (Å²) in [6.45, 7) is 5.14. The van der Waals surface area contributed by atoms with E-state index in [1.165, 1.54) is 5.56 Å². The number of hydrogen-bond acceptors (Lipinski definition) is 4. The Hall–Kier alpha value is -0.220. The number of nitrogens with zero attached hydrogens (tertiary/aromatic N) is 2. The van der Waals surface area contributed by atoms with Crippen LogP contribution in [-0.2, 0) is 4.74 Å². The number of ether oxygens (including phenoxy) is 1. The summed E-state index contributed by atoms with van der Waals surface area (Å²) in [5.74, 6) is 1.90. The number of nitrogens with one attached hydrogen (secondary N) is 2. The summed E-state index contributed by atoms with van der Waals surface area (Å²) in [7, 11) is 1.81. The van der Waals surface area contributed by atoms with Gasteiger partial charge < -0.3 is 15.4 Å². The molecular formula is C17H28ClIN4OS. The number of hydrogen-bond donors (Lipinski definition) is 2. The van der Waals surface area contributed by atoms with Gasteiger partial charge in [-0.05, 0) is 24.0 Å². The number of thioether (sulfide) groups is 1. The monoisotopic (exact) mass is 498 g/mol. The van der Waals surface area contributed by atoms with Gasteiger partial charge in [-0.2, -0.15) is 11.8 Å². The molecule has 1 aromatic carbocycles. The largest absolute Gasteiger partial charge is 0.379 e. The van der Waals surface area contributed by atoms with Gasteiger partial charge in [-0.25, -0.2) is 0 Å². The summed E-state index contributed by atoms with van der Waals surface area (Å²) in [6.07, 6.45) is 2.10. The molecule has 2 rings (SSSR count). The molecule has 1 unspecified atom stereocenters. The fraction of sp³-hybridized carbons (Fsp3) is 0.588. The zero-order valence-electron chi connectivity index (χ0n) is 14.8. The third-order valence-corrected chi connectivity index (χ3v) is 4.89. The summed E-state index contributed by atoms with van der Waals surface area (Å²) in [6, 6.07) is 8.39. The van der Waals surface area contributed by atoms with Crippen molar-refractivity contribution >= 4 is 53.3 Å². The lowest BCUT2D eigenvalue weighted by molar-refractivity contribution is 0.0170. The number of guanidine groups is 1. The molecule has 1 saturated heterocycles. The van der Waals surface area contributed by atoms with E-state index in [-0.39, 0.29) is 30.0 Å². The van der Waals surface area contributed by atoms with Crippen LogP contribution in [0.5, 0.6) is 0 Å². The lowest BCUT2D eigenvalue weighted by Gasteiger charge is -2.35. The Kier molecular flexibility index (Phi) is 11.9. The molecule has 142 valence electrons. The molecule has 8 heteroatoms. The van der Waals surface area contributed by atoms with Gasteiger partial charge in [0.15, 0.2) is 5.96 Å². The third kappa shape index (κ3) is 7.90. The van der Waals surface area contributed by atoms with E-state index in [0.717, 1.165) is 56.1 Å². The predicted molar refractivity (Wildman–Crippen MR) is 120 cm³/mol. The molecule has 0 saturated carbocycles. The molecule has 25 heavy (non-hydrogen) atoms. The molecule has 1 aromatic rings. The van der Waals surface area contributed by atoms with Crippen molar-refractivity contribution in [1.82, 2.24) is 15.5 Å². The Morgan fingerprint density at radius 3 is 2.56 bits per heavy atom. The summed E-state index contributed by atoms with van der Waals surface area (Å²) in [5, 5.41) is 7.56. The van der Waals surface area contributed by atoms with Gasteiger partial charge in [0.2, 0.25) is 0 Å². The number of rotatable bonds is 7. The average Bonchev–Trinajstić information content (AvgIpc) is 2.63. The van der Waals surface area contributed by atoms with Crippen molar-refractivity contribution in [2.24, 2.45) is 4.99 Å². The first kappa shape index (κ1) is 22.8. The van der Waals surface area contributed by atoms with Crippen LogP contribution in [0.2, 0.25) is 5.02 Å². The lowest BCUT2D eigenvalue weighted by atomic mass is 10.0. The van der Waals surface area contributed by atoms with Crippen molar-refractivity contribution in [3.8, 4) is 0 Å². The Labute approximate surface area is 177 Å². The van der Waals surface area contributed by atoms with E-state index in [1.54, 1.807) is 7.05 Å². The van der Waals surface area contributed by atoms with Gasteiger partial charge in [0, 0.05) is 44.0 Å². The van der Waals surface area contributed by atoms with Crippen LogP contribution in [0.4, 0.5) is 0 Å². The average molecular weight is 499 g/mol. The SMILES string of the molecule is CN=C(NCCSC)NCC(c1ccc(Cl)cc1)N1CCOCC1.I. The minimum Gasteiger partial charge on any atom is -0.379 e. The fourth-order valence-electron chi connectivity index (χ4n) is 2.72. The molecule has 5 nitrogen and oxygen atoms in total. The Bertz CT molecular complexity index is 512. The van der Waals surface area contributed by atoms with Crippen LogP contribution < -0.4 is 10.6 Å². The van der Waals surface area contributed by atoms with Crippen molar-refractivity contribution in [2.75, 3.05) is 58.4 Å². The Balaban J connectivity index is 0.00000312. The molecule has 0 radical (unpaired) electrons. The van der Waals surface area contributed by atoms with Gasteiger partial charge in [0.25, 0.3) is 0 Å². The molecule has 0 aliphatic carbocycles. The van der Waals surface area contributed by atoms with Crippen LogP contribution in [0.1, 0.15) is 11.6 Å². The van der Waals surface area contributed by atoms with Gasteiger partial charge in [-0.1, -0.05) is 23.7 Å². The molecule has 1 heterocycles. The normalized spacial score (nSPS) is 16.8. The topological polar surface area (TPSA) is 48.9 Å². The van der Waals surface area contributed by atoms with Crippen molar-refractivity contribution < 1.29 is 4.74 Å². The summed E-state index contributed by atoms with van der Waals surface area (Å²) in [4.78, 5) is 6.76. The molecule has 1 aliphatic heterocycles. The third-order valence-electron chi connectivity index (χ3n) is 4.03. The van der Waals surface area contributed by atoms with E-state index in [4.69, 9.17) is 16.3 Å². The maximum Gasteiger partial charge on any atom is 0.191 e. The van der Waals surface area contributed by atoms with Crippen molar-refractivity contribution in [3.63, 3.8) is 0 Å². The highest BCUT2D eigenvalue weighted by atomic mass is 127. The highest BCUT2D eigenvalue weighted by Crippen LogP contribution is 2.23. The van der Waals surface area contributed by atoms with Crippen molar-refractivity contribution in [1.29, 1.82) is 0 Å². The first-order valence-corrected chi connectivity index (χ1v) is 10.0. The number of benzene rings is 1. The minimum absolute atomic E-state index is 0. The van der Waals surface area contributed by atoms with Crippen LogP contribution in [0.15, 0.2) is 29.3 Å². The Morgan fingerprint density at radius 2 is 1.96 bits per heavy atom. The van der Waals surface area contributed by atoms with Crippen LogP contribution in [0, 0.1) is 0 Å². The molecule has 0 spiro atoms. The second-order valence-corrected chi connectivity index (χ2v) is 7.01. The molecule has 0 aromatic heterocycles. The number of halogens is 2. The van der Waals surface area contributed by atoms with Crippen LogP contribution in [0.25, 0.3) is 0 Å². The first-order valence-electron chi connectivity index (χ1n) is 8.25. The second-order valence-electron chi connectivity index (χ2n) is 5.59. The molecule has 0 bridgehead atoms. The van der Waals surface area contributed by atoms with Gasteiger partial charge in [-0.3, -0.25) is 9.89 Å². The maximum atomic E-state index is 6.04. The van der Waals surface area contributed by atoms with Crippen molar-refractivity contribution in [2.45, 2.75) is 6.04 Å². The zero-order chi connectivity index (χ0) is 17.2. The van der Waals surface area contributed by atoms with E-state index < -0.39 is 0 Å². The van der Waals surface area contributed by atoms with E-state index in [9.17, 15) is 0 Å². The summed E-state index contributed by atoms with van der Waals surface area (Å²) < 4.78 is 5.50. The van der Waals surface area contributed by atoms with E-state index in [0.29, 0.717) is 0 Å². The molecule has 1 fully saturated rings. The number of aliphatic imine (C=N–C) groups is 1. The standard InChI is InChI=1S/C17H27ClN4OS.HI/c1-19-17(20-7-12-24-2)21-13-16(22-8-10-23-11-9-22)14-3-5-15(18)6-4-14;/h3-6,16H,7-13H2,1-2H3,(H2,19,20,21);1H. The summed E-state index contributed by atoms with van der Waals surface area (Å²) in [5.41, 5.74) is 1.26. The fourth-order valence-corrected chi connectivity index (χ4v) is 3.15. The molecule has 1 atom stereocenters. The highest BCUT2D eigenvalue weighted by Gasteiger charge is 2.22. The smallest absolute Gasteiger partial charge is 0.191 e. The van der Waals surface area contributed by atoms with Crippen LogP contribution in [-0.4, -0.2) is 69.3 Å². The Morgan fingerprint density at radius 1 is 1.28 bits per heavy atom. The van der Waals surface area contributed by atoms with E-state index in [2.05, 4.69) is 38.9 Å². The van der Waals surface area contributed by atoms with Gasteiger partial charge in [-0.15, -0.1) is 24.0 Å². The second kappa shape index (κ2) is 13.0. The first-order chi connectivity index (χ1) is 11.7. The van der Waals surface area contributed by atoms with Gasteiger partial charge in [0.05, 0.1) is 19.3 Å². The predicted octanol–water partition coefficient (Wildman–Crippen LogP) is 2.86. The quantitative estimate of drug-likeness (QED) is 0.262. The van der Waals surface area contributed by atoms with E-state index >= 15 is 0 Å². The summed E-state index contributed by atoms with van der Waals surface area (Å²) >= 11 is 7.86. The molecule has 1 aliphatic rings. The van der Waals surface area contributed by atoms with Crippen LogP contribution in [0.3, 0.4) is 0 Å².